The van der Waals surface area contributed by atoms with Gasteiger partial charge in [-0.2, -0.15) is 0 Å². The van der Waals surface area contributed by atoms with Crippen LogP contribution in [0, 0.1) is 11.8 Å². The van der Waals surface area contributed by atoms with Gasteiger partial charge in [0, 0.05) is 9.34 Å². The van der Waals surface area contributed by atoms with Gasteiger partial charge in [0.25, 0.3) is 0 Å². The van der Waals surface area contributed by atoms with Crippen molar-refractivity contribution in [3.05, 3.63) is 0 Å². The molecule has 1 rings (SSSR count). The summed E-state index contributed by atoms with van der Waals surface area (Å²) < 4.78 is 9.64. The van der Waals surface area contributed by atoms with Crippen LogP contribution in [0.4, 0.5) is 0 Å². The summed E-state index contributed by atoms with van der Waals surface area (Å²) in [6, 6.07) is 0. The predicted molar refractivity (Wildman–Crippen MR) is 62.7 cm³/mol. The largest absolute Gasteiger partial charge is 0.465 e. The van der Waals surface area contributed by atoms with E-state index in [1.165, 1.54) is 0 Å². The highest BCUT2D eigenvalue weighted by Gasteiger charge is 2.49. The van der Waals surface area contributed by atoms with Crippen molar-refractivity contribution in [3.8, 4) is 0 Å². The average molecular weight is 326 g/mol. The minimum atomic E-state index is -0.753. The lowest BCUT2D eigenvalue weighted by Gasteiger charge is -2.25. The van der Waals surface area contributed by atoms with Crippen molar-refractivity contribution >= 4 is 34.5 Å². The second-order valence-electron chi connectivity index (χ2n) is 4.03. The Morgan fingerprint density at radius 1 is 1.67 bits per heavy atom. The van der Waals surface area contributed by atoms with Crippen LogP contribution in [0.3, 0.4) is 0 Å². The van der Waals surface area contributed by atoms with Gasteiger partial charge in [-0.1, -0.05) is 36.4 Å². The molecular formula is C10H15IO4. The van der Waals surface area contributed by atoms with Gasteiger partial charge in [-0.05, 0) is 6.92 Å². The van der Waals surface area contributed by atoms with E-state index in [1.807, 2.05) is 13.8 Å². The molecule has 1 heterocycles. The Hall–Kier alpha value is -0.330. The summed E-state index contributed by atoms with van der Waals surface area (Å²) in [5, 5.41) is 0. The molecule has 1 saturated heterocycles. The van der Waals surface area contributed by atoms with Crippen molar-refractivity contribution in [2.24, 2.45) is 11.8 Å². The number of ether oxygens (including phenoxy) is 2. The number of cyclic esters (lactones) is 1. The minimum absolute atomic E-state index is 0.107. The monoisotopic (exact) mass is 326 g/mol. The van der Waals surface area contributed by atoms with Crippen LogP contribution in [-0.4, -0.2) is 28.6 Å². The molecule has 0 bridgehead atoms. The Labute approximate surface area is 103 Å². The Morgan fingerprint density at radius 3 is 2.73 bits per heavy atom. The number of halogens is 1. The third-order valence-electron chi connectivity index (χ3n) is 2.48. The van der Waals surface area contributed by atoms with Crippen LogP contribution < -0.4 is 0 Å². The second kappa shape index (κ2) is 4.67. The maximum Gasteiger partial charge on any atom is 0.320 e. The summed E-state index contributed by atoms with van der Waals surface area (Å²) in [5.41, 5.74) is 0. The van der Waals surface area contributed by atoms with Crippen molar-refractivity contribution in [2.45, 2.75) is 24.2 Å². The van der Waals surface area contributed by atoms with E-state index in [1.54, 1.807) is 6.92 Å². The Bertz CT molecular complexity index is 269. The number of hydrogen-bond acceptors (Lipinski definition) is 4. The predicted octanol–water partition coefficient (Wildman–Crippen LogP) is 1.55. The lowest BCUT2D eigenvalue weighted by atomic mass is 9.86. The standard InChI is InChI=1S/C10H15IO4/c1-4-14-8(12)7-6(10(2,3)11)5-15-9(7)13/h6-7H,4-5H2,1-3H3. The highest BCUT2D eigenvalue weighted by Crippen LogP contribution is 2.38. The SMILES string of the molecule is CCOC(=O)C1C(=O)OCC1C(C)(C)I. The van der Waals surface area contributed by atoms with Gasteiger partial charge in [-0.3, -0.25) is 9.59 Å². The third-order valence-corrected chi connectivity index (χ3v) is 3.28. The van der Waals surface area contributed by atoms with Crippen molar-refractivity contribution in [1.82, 2.24) is 0 Å². The summed E-state index contributed by atoms with van der Waals surface area (Å²) in [5.74, 6) is -1.78. The minimum Gasteiger partial charge on any atom is -0.465 e. The molecule has 0 radical (unpaired) electrons. The summed E-state index contributed by atoms with van der Waals surface area (Å²) >= 11 is 2.23. The highest BCUT2D eigenvalue weighted by atomic mass is 127. The molecule has 1 aliphatic rings. The maximum absolute atomic E-state index is 11.6. The molecule has 0 amide bonds. The van der Waals surface area contributed by atoms with E-state index in [9.17, 15) is 9.59 Å². The van der Waals surface area contributed by atoms with Gasteiger partial charge >= 0.3 is 11.9 Å². The first kappa shape index (κ1) is 12.7. The quantitative estimate of drug-likeness (QED) is 0.342. The fourth-order valence-corrected chi connectivity index (χ4v) is 2.15. The van der Waals surface area contributed by atoms with Crippen LogP contribution in [0.15, 0.2) is 0 Å². The number of hydrogen-bond donors (Lipinski definition) is 0. The fourth-order valence-electron chi connectivity index (χ4n) is 1.61. The molecule has 0 aromatic rings. The molecule has 0 aliphatic carbocycles. The first-order chi connectivity index (χ1) is 6.88. The lowest BCUT2D eigenvalue weighted by Crippen LogP contribution is -2.36. The number of esters is 2. The molecule has 0 aromatic carbocycles. The Kier molecular flexibility index (Phi) is 3.97. The van der Waals surface area contributed by atoms with Gasteiger partial charge in [0.2, 0.25) is 0 Å². The lowest BCUT2D eigenvalue weighted by molar-refractivity contribution is -0.156. The van der Waals surface area contributed by atoms with Crippen LogP contribution in [-0.2, 0) is 19.1 Å². The molecule has 0 N–H and O–H groups in total. The summed E-state index contributed by atoms with van der Waals surface area (Å²) in [6.07, 6.45) is 0. The zero-order valence-electron chi connectivity index (χ0n) is 9.08. The third kappa shape index (κ3) is 2.83. The van der Waals surface area contributed by atoms with Crippen LogP contribution in [0.25, 0.3) is 0 Å². The van der Waals surface area contributed by atoms with Crippen molar-refractivity contribution in [3.63, 3.8) is 0 Å². The first-order valence-corrected chi connectivity index (χ1v) is 5.98. The van der Waals surface area contributed by atoms with E-state index >= 15 is 0 Å². The second-order valence-corrected chi connectivity index (χ2v) is 6.81. The van der Waals surface area contributed by atoms with Crippen LogP contribution in [0.1, 0.15) is 20.8 Å². The van der Waals surface area contributed by atoms with Gasteiger partial charge in [-0.15, -0.1) is 0 Å². The van der Waals surface area contributed by atoms with Crippen LogP contribution in [0.5, 0.6) is 0 Å². The molecular weight excluding hydrogens is 311 g/mol. The summed E-state index contributed by atoms with van der Waals surface area (Å²) in [6.45, 7) is 6.27. The van der Waals surface area contributed by atoms with Gasteiger partial charge in [0.15, 0.2) is 5.92 Å². The van der Waals surface area contributed by atoms with Crippen LogP contribution in [0.2, 0.25) is 0 Å². The Morgan fingerprint density at radius 2 is 2.27 bits per heavy atom. The summed E-state index contributed by atoms with van der Waals surface area (Å²) in [7, 11) is 0. The topological polar surface area (TPSA) is 52.6 Å². The molecule has 1 fully saturated rings. The number of carbonyl (C=O) groups is 2. The molecule has 4 nitrogen and oxygen atoms in total. The zero-order valence-corrected chi connectivity index (χ0v) is 11.2. The van der Waals surface area contributed by atoms with Crippen molar-refractivity contribution < 1.29 is 19.1 Å². The number of alkyl halides is 1. The maximum atomic E-state index is 11.6. The van der Waals surface area contributed by atoms with Crippen molar-refractivity contribution in [1.29, 1.82) is 0 Å². The molecule has 2 atom stereocenters. The number of rotatable bonds is 3. The van der Waals surface area contributed by atoms with E-state index in [-0.39, 0.29) is 15.9 Å². The van der Waals surface area contributed by atoms with E-state index in [0.717, 1.165) is 0 Å². The summed E-state index contributed by atoms with van der Waals surface area (Å²) in [4.78, 5) is 23.0. The molecule has 0 spiro atoms. The first-order valence-electron chi connectivity index (χ1n) is 4.90. The van der Waals surface area contributed by atoms with Gasteiger partial charge < -0.3 is 9.47 Å². The molecule has 1 aliphatic heterocycles. The van der Waals surface area contributed by atoms with Gasteiger partial charge in [-0.25, -0.2) is 0 Å². The highest BCUT2D eigenvalue weighted by molar-refractivity contribution is 14.1. The molecule has 0 aromatic heterocycles. The van der Waals surface area contributed by atoms with E-state index < -0.39 is 17.9 Å². The number of carbonyl (C=O) groups excluding carboxylic acids is 2. The molecule has 5 heteroatoms. The Balaban J connectivity index is 2.82. The van der Waals surface area contributed by atoms with E-state index in [0.29, 0.717) is 6.61 Å². The normalized spacial score (nSPS) is 26.3. The van der Waals surface area contributed by atoms with Crippen LogP contribution >= 0.6 is 22.6 Å². The molecule has 0 saturated carbocycles. The smallest absolute Gasteiger partial charge is 0.320 e. The average Bonchev–Trinajstić information content (AvgIpc) is 2.46. The van der Waals surface area contributed by atoms with E-state index in [4.69, 9.17) is 9.47 Å². The zero-order chi connectivity index (χ0) is 11.6. The fraction of sp³-hybridized carbons (Fsp3) is 0.800. The van der Waals surface area contributed by atoms with Gasteiger partial charge in [0.05, 0.1) is 13.2 Å². The van der Waals surface area contributed by atoms with Crippen molar-refractivity contribution in [2.75, 3.05) is 13.2 Å². The molecule has 86 valence electrons. The van der Waals surface area contributed by atoms with Gasteiger partial charge in [0.1, 0.15) is 0 Å². The van der Waals surface area contributed by atoms with E-state index in [2.05, 4.69) is 22.6 Å². The molecule has 2 unspecified atom stereocenters. The molecule has 15 heavy (non-hydrogen) atoms.